The molecule has 0 atom stereocenters. The lowest BCUT2D eigenvalue weighted by Crippen LogP contribution is -2.21. The summed E-state index contributed by atoms with van der Waals surface area (Å²) in [7, 11) is 0. The lowest BCUT2D eigenvalue weighted by molar-refractivity contribution is 0.514. The van der Waals surface area contributed by atoms with Crippen molar-refractivity contribution in [1.82, 2.24) is 14.5 Å². The molecule has 0 spiro atoms. The zero-order valence-electron chi connectivity index (χ0n) is 10.6. The zero-order valence-corrected chi connectivity index (χ0v) is 10.6. The highest BCUT2D eigenvalue weighted by Crippen LogP contribution is 2.32. The molecule has 0 radical (unpaired) electrons. The predicted molar refractivity (Wildman–Crippen MR) is 67.9 cm³/mol. The summed E-state index contributed by atoms with van der Waals surface area (Å²) in [4.78, 5) is 8.80. The van der Waals surface area contributed by atoms with Gasteiger partial charge in [-0.3, -0.25) is 4.98 Å². The Morgan fingerprint density at radius 3 is 2.82 bits per heavy atom. The van der Waals surface area contributed by atoms with E-state index in [-0.39, 0.29) is 5.41 Å². The first-order valence-electron chi connectivity index (χ1n) is 6.06. The van der Waals surface area contributed by atoms with Crippen LogP contribution in [0.25, 0.3) is 11.4 Å². The van der Waals surface area contributed by atoms with E-state index in [0.29, 0.717) is 0 Å². The van der Waals surface area contributed by atoms with Crippen LogP contribution in [0.2, 0.25) is 0 Å². The quantitative estimate of drug-likeness (QED) is 0.693. The van der Waals surface area contributed by atoms with Gasteiger partial charge in [-0.25, -0.2) is 4.98 Å². The molecule has 3 heterocycles. The molecule has 1 aliphatic rings. The second-order valence-corrected chi connectivity index (χ2v) is 5.65. The number of hydrogen-bond acceptors (Lipinski definition) is 2. The van der Waals surface area contributed by atoms with Crippen molar-refractivity contribution < 1.29 is 0 Å². The van der Waals surface area contributed by atoms with Gasteiger partial charge in [0.1, 0.15) is 5.82 Å². The number of hydrogen-bond donors (Lipinski definition) is 0. The maximum Gasteiger partial charge on any atom is 0.141 e. The van der Waals surface area contributed by atoms with Gasteiger partial charge in [-0.2, -0.15) is 0 Å². The van der Waals surface area contributed by atoms with Crippen LogP contribution in [0.1, 0.15) is 32.0 Å². The number of nitrogens with zero attached hydrogens (tertiary/aromatic N) is 3. The van der Waals surface area contributed by atoms with E-state index in [9.17, 15) is 0 Å². The lowest BCUT2D eigenvalue weighted by Gasteiger charge is -2.25. The molecule has 1 aliphatic heterocycles. The highest BCUT2D eigenvalue weighted by atomic mass is 15.1. The topological polar surface area (TPSA) is 30.7 Å². The Morgan fingerprint density at radius 1 is 1.24 bits per heavy atom. The summed E-state index contributed by atoms with van der Waals surface area (Å²) in [6.07, 6.45) is 6.88. The monoisotopic (exact) mass is 227 g/mol. The average Bonchev–Trinajstić information content (AvgIpc) is 2.72. The Labute approximate surface area is 102 Å². The minimum absolute atomic E-state index is 0.144. The number of aryl methyl sites for hydroxylation is 1. The Morgan fingerprint density at radius 2 is 2.06 bits per heavy atom. The van der Waals surface area contributed by atoms with Crippen LogP contribution in [-0.2, 0) is 18.4 Å². The minimum Gasteiger partial charge on any atom is -0.327 e. The number of fused-ring (bicyclic) bond motifs is 3. The van der Waals surface area contributed by atoms with Gasteiger partial charge in [-0.05, 0) is 18.1 Å². The predicted octanol–water partition coefficient (Wildman–Crippen LogP) is 2.80. The van der Waals surface area contributed by atoms with E-state index in [0.717, 1.165) is 18.8 Å². The Kier molecular flexibility index (Phi) is 2.12. The first kappa shape index (κ1) is 10.5. The fourth-order valence-electron chi connectivity index (χ4n) is 2.49. The normalized spacial score (nSPS) is 14.3. The molecule has 0 N–H and O–H groups in total. The fraction of sp³-hybridized carbons (Fsp3) is 0.429. The summed E-state index contributed by atoms with van der Waals surface area (Å²) >= 11 is 0. The van der Waals surface area contributed by atoms with E-state index in [1.54, 1.807) is 0 Å². The van der Waals surface area contributed by atoms with Crippen molar-refractivity contribution >= 4 is 0 Å². The van der Waals surface area contributed by atoms with Crippen LogP contribution in [0.5, 0.6) is 0 Å². The fourth-order valence-corrected chi connectivity index (χ4v) is 2.49. The van der Waals surface area contributed by atoms with Crippen molar-refractivity contribution in [3.63, 3.8) is 0 Å². The summed E-state index contributed by atoms with van der Waals surface area (Å²) in [5.41, 5.74) is 4.00. The van der Waals surface area contributed by atoms with Crippen LogP contribution in [0, 0.1) is 0 Å². The molecule has 2 aromatic heterocycles. The van der Waals surface area contributed by atoms with Crippen molar-refractivity contribution in [3.05, 3.63) is 35.9 Å². The maximum absolute atomic E-state index is 4.59. The van der Waals surface area contributed by atoms with Crippen molar-refractivity contribution in [2.75, 3.05) is 0 Å². The van der Waals surface area contributed by atoms with Gasteiger partial charge in [0.05, 0.1) is 0 Å². The Hall–Kier alpha value is -1.64. The van der Waals surface area contributed by atoms with Crippen molar-refractivity contribution in [3.8, 4) is 11.4 Å². The van der Waals surface area contributed by atoms with Gasteiger partial charge < -0.3 is 4.57 Å². The minimum atomic E-state index is 0.144. The molecular formula is C14H17N3. The van der Waals surface area contributed by atoms with E-state index in [2.05, 4.69) is 41.4 Å². The summed E-state index contributed by atoms with van der Waals surface area (Å²) in [5.74, 6) is 1.07. The third-order valence-electron chi connectivity index (χ3n) is 3.38. The summed E-state index contributed by atoms with van der Waals surface area (Å²) < 4.78 is 2.34. The SMILES string of the molecule is CC(C)(C)c1cnc2n1CCc1ccncc1-2. The van der Waals surface area contributed by atoms with Crippen LogP contribution < -0.4 is 0 Å². The maximum atomic E-state index is 4.59. The van der Waals surface area contributed by atoms with E-state index >= 15 is 0 Å². The number of imidazole rings is 1. The molecule has 0 unspecified atom stereocenters. The summed E-state index contributed by atoms with van der Waals surface area (Å²) in [6, 6.07) is 2.10. The third kappa shape index (κ3) is 1.57. The highest BCUT2D eigenvalue weighted by Gasteiger charge is 2.25. The van der Waals surface area contributed by atoms with Crippen LogP contribution >= 0.6 is 0 Å². The first-order chi connectivity index (χ1) is 8.07. The molecule has 88 valence electrons. The summed E-state index contributed by atoms with van der Waals surface area (Å²) in [5, 5.41) is 0. The molecule has 0 aliphatic carbocycles. The average molecular weight is 227 g/mol. The smallest absolute Gasteiger partial charge is 0.141 e. The van der Waals surface area contributed by atoms with Crippen LogP contribution in [0.15, 0.2) is 24.7 Å². The molecule has 2 aromatic rings. The second kappa shape index (κ2) is 3.42. The number of aromatic nitrogens is 3. The van der Waals surface area contributed by atoms with Gasteiger partial charge in [-0.1, -0.05) is 20.8 Å². The van der Waals surface area contributed by atoms with Crippen molar-refractivity contribution in [2.24, 2.45) is 0 Å². The van der Waals surface area contributed by atoms with Gasteiger partial charge in [0.2, 0.25) is 0 Å². The van der Waals surface area contributed by atoms with Crippen LogP contribution in [0.4, 0.5) is 0 Å². The van der Waals surface area contributed by atoms with Gasteiger partial charge in [-0.15, -0.1) is 0 Å². The lowest BCUT2D eigenvalue weighted by atomic mass is 9.92. The number of pyridine rings is 1. The molecule has 0 fully saturated rings. The van der Waals surface area contributed by atoms with Crippen LogP contribution in [-0.4, -0.2) is 14.5 Å². The molecule has 3 rings (SSSR count). The van der Waals surface area contributed by atoms with Crippen molar-refractivity contribution in [2.45, 2.75) is 39.2 Å². The highest BCUT2D eigenvalue weighted by molar-refractivity contribution is 5.61. The summed E-state index contributed by atoms with van der Waals surface area (Å²) in [6.45, 7) is 7.72. The van der Waals surface area contributed by atoms with Crippen molar-refractivity contribution in [1.29, 1.82) is 0 Å². The van der Waals surface area contributed by atoms with E-state index in [4.69, 9.17) is 0 Å². The third-order valence-corrected chi connectivity index (χ3v) is 3.38. The standard InChI is InChI=1S/C14H17N3/c1-14(2,3)12-9-16-13-11-8-15-6-4-10(11)5-7-17(12)13/h4,6,8-9H,5,7H2,1-3H3. The zero-order chi connectivity index (χ0) is 12.0. The van der Waals surface area contributed by atoms with E-state index < -0.39 is 0 Å². The Balaban J connectivity index is 2.20. The molecular weight excluding hydrogens is 210 g/mol. The van der Waals surface area contributed by atoms with Gasteiger partial charge >= 0.3 is 0 Å². The van der Waals surface area contributed by atoms with E-state index in [1.807, 2.05) is 18.6 Å². The molecule has 0 saturated carbocycles. The first-order valence-corrected chi connectivity index (χ1v) is 6.06. The van der Waals surface area contributed by atoms with Gasteiger partial charge in [0.25, 0.3) is 0 Å². The number of rotatable bonds is 0. The van der Waals surface area contributed by atoms with E-state index in [1.165, 1.54) is 16.8 Å². The molecule has 17 heavy (non-hydrogen) atoms. The molecule has 0 saturated heterocycles. The molecule has 3 nitrogen and oxygen atoms in total. The molecule has 0 amide bonds. The molecule has 0 bridgehead atoms. The largest absolute Gasteiger partial charge is 0.327 e. The molecule has 3 heteroatoms. The van der Waals surface area contributed by atoms with Gasteiger partial charge in [0, 0.05) is 41.8 Å². The second-order valence-electron chi connectivity index (χ2n) is 5.65. The Bertz CT molecular complexity index is 561. The van der Waals surface area contributed by atoms with Crippen LogP contribution in [0.3, 0.4) is 0 Å². The molecule has 0 aromatic carbocycles. The van der Waals surface area contributed by atoms with Gasteiger partial charge in [0.15, 0.2) is 0 Å².